The van der Waals surface area contributed by atoms with E-state index in [1.165, 1.54) is 0 Å². The number of aliphatic hydroxyl groups excluding tert-OH is 1. The summed E-state index contributed by atoms with van der Waals surface area (Å²) in [4.78, 5) is 16.1. The third-order valence-electron chi connectivity index (χ3n) is 2.90. The van der Waals surface area contributed by atoms with Crippen molar-refractivity contribution in [1.29, 1.82) is 0 Å². The molecule has 2 heterocycles. The van der Waals surface area contributed by atoms with Gasteiger partial charge in [-0.2, -0.15) is 0 Å². The van der Waals surface area contributed by atoms with Crippen molar-refractivity contribution in [2.45, 2.75) is 26.4 Å². The second-order valence-corrected chi connectivity index (χ2v) is 4.29. The smallest absolute Gasteiger partial charge is 0.271 e. The van der Waals surface area contributed by atoms with Gasteiger partial charge in [-0.15, -0.1) is 0 Å². The normalized spacial score (nSPS) is 12.6. The molecule has 5 nitrogen and oxygen atoms in total. The van der Waals surface area contributed by atoms with Gasteiger partial charge in [0.05, 0.1) is 6.10 Å². The SMILES string of the molecule is CCC(O)CNC(=O)c1cn2c(C)cccc2n1. The summed E-state index contributed by atoms with van der Waals surface area (Å²) in [6.07, 6.45) is 1.82. The zero-order valence-corrected chi connectivity index (χ0v) is 10.6. The molecule has 1 atom stereocenters. The fraction of sp³-hybridized carbons (Fsp3) is 0.385. The molecule has 0 bridgehead atoms. The van der Waals surface area contributed by atoms with Crippen LogP contribution in [0, 0.1) is 6.92 Å². The van der Waals surface area contributed by atoms with Crippen molar-refractivity contribution in [2.24, 2.45) is 0 Å². The molecule has 0 spiro atoms. The summed E-state index contributed by atoms with van der Waals surface area (Å²) in [7, 11) is 0. The highest BCUT2D eigenvalue weighted by Crippen LogP contribution is 2.08. The second kappa shape index (κ2) is 5.18. The van der Waals surface area contributed by atoms with Gasteiger partial charge in [0.15, 0.2) is 0 Å². The molecule has 0 saturated heterocycles. The number of nitrogens with zero attached hydrogens (tertiary/aromatic N) is 2. The molecule has 2 aromatic rings. The molecule has 0 aromatic carbocycles. The van der Waals surface area contributed by atoms with Gasteiger partial charge in [-0.3, -0.25) is 4.79 Å². The van der Waals surface area contributed by atoms with Crippen molar-refractivity contribution < 1.29 is 9.90 Å². The summed E-state index contributed by atoms with van der Waals surface area (Å²) in [5, 5.41) is 12.1. The van der Waals surface area contributed by atoms with Crippen LogP contribution in [0.15, 0.2) is 24.4 Å². The minimum atomic E-state index is -0.507. The van der Waals surface area contributed by atoms with Gasteiger partial charge >= 0.3 is 0 Å². The average Bonchev–Trinajstić information content (AvgIpc) is 2.81. The van der Waals surface area contributed by atoms with E-state index in [2.05, 4.69) is 10.3 Å². The van der Waals surface area contributed by atoms with E-state index in [4.69, 9.17) is 0 Å². The molecular formula is C13H17N3O2. The van der Waals surface area contributed by atoms with Crippen molar-refractivity contribution in [3.05, 3.63) is 35.8 Å². The van der Waals surface area contributed by atoms with Crippen LogP contribution < -0.4 is 5.32 Å². The largest absolute Gasteiger partial charge is 0.391 e. The number of carbonyl (C=O) groups is 1. The maximum atomic E-state index is 11.8. The number of hydrogen-bond donors (Lipinski definition) is 2. The number of amides is 1. The maximum absolute atomic E-state index is 11.8. The molecule has 2 rings (SSSR count). The van der Waals surface area contributed by atoms with E-state index in [1.54, 1.807) is 6.20 Å². The van der Waals surface area contributed by atoms with Crippen LogP contribution in [0.2, 0.25) is 0 Å². The van der Waals surface area contributed by atoms with Crippen LogP contribution in [0.1, 0.15) is 29.5 Å². The average molecular weight is 247 g/mol. The summed E-state index contributed by atoms with van der Waals surface area (Å²) in [5.74, 6) is -0.259. The molecule has 0 saturated carbocycles. The Morgan fingerprint density at radius 2 is 2.33 bits per heavy atom. The van der Waals surface area contributed by atoms with Gasteiger partial charge in [-0.1, -0.05) is 13.0 Å². The van der Waals surface area contributed by atoms with Gasteiger partial charge in [0.25, 0.3) is 5.91 Å². The number of aliphatic hydroxyl groups is 1. The van der Waals surface area contributed by atoms with Crippen LogP contribution in [-0.2, 0) is 0 Å². The Balaban J connectivity index is 2.16. The van der Waals surface area contributed by atoms with Crippen molar-refractivity contribution in [2.75, 3.05) is 6.54 Å². The molecule has 0 aliphatic carbocycles. The number of fused-ring (bicyclic) bond motifs is 1. The Kier molecular flexibility index (Phi) is 3.62. The number of aromatic nitrogens is 2. The molecule has 18 heavy (non-hydrogen) atoms. The quantitative estimate of drug-likeness (QED) is 0.851. The molecule has 1 unspecified atom stereocenters. The van der Waals surface area contributed by atoms with Gasteiger partial charge in [0.2, 0.25) is 0 Å². The van der Waals surface area contributed by atoms with Gasteiger partial charge < -0.3 is 14.8 Å². The van der Waals surface area contributed by atoms with Crippen molar-refractivity contribution >= 4 is 11.6 Å². The predicted molar refractivity (Wildman–Crippen MR) is 68.6 cm³/mol. The first-order chi connectivity index (χ1) is 8.61. The maximum Gasteiger partial charge on any atom is 0.271 e. The second-order valence-electron chi connectivity index (χ2n) is 4.29. The minimum Gasteiger partial charge on any atom is -0.391 e. The summed E-state index contributed by atoms with van der Waals surface area (Å²) in [6.45, 7) is 4.07. The highest BCUT2D eigenvalue weighted by atomic mass is 16.3. The molecule has 2 aromatic heterocycles. The molecule has 0 radical (unpaired) electrons. The summed E-state index contributed by atoms with van der Waals surface area (Å²) in [5.41, 5.74) is 2.14. The summed E-state index contributed by atoms with van der Waals surface area (Å²) >= 11 is 0. The number of nitrogens with one attached hydrogen (secondary N) is 1. The van der Waals surface area contributed by atoms with Crippen LogP contribution in [0.25, 0.3) is 5.65 Å². The molecule has 1 amide bonds. The number of hydrogen-bond acceptors (Lipinski definition) is 3. The number of aryl methyl sites for hydroxylation is 1. The van der Waals surface area contributed by atoms with Crippen LogP contribution in [-0.4, -0.2) is 33.0 Å². The first-order valence-corrected chi connectivity index (χ1v) is 6.02. The van der Waals surface area contributed by atoms with E-state index >= 15 is 0 Å². The molecule has 0 aliphatic heterocycles. The monoisotopic (exact) mass is 247 g/mol. The summed E-state index contributed by atoms with van der Waals surface area (Å²) in [6, 6.07) is 5.71. The number of rotatable bonds is 4. The third-order valence-corrected chi connectivity index (χ3v) is 2.90. The van der Waals surface area contributed by atoms with E-state index in [0.29, 0.717) is 12.1 Å². The van der Waals surface area contributed by atoms with Crippen LogP contribution in [0.4, 0.5) is 0 Å². The van der Waals surface area contributed by atoms with Gasteiger partial charge in [-0.25, -0.2) is 4.98 Å². The molecule has 0 aliphatic rings. The molecule has 0 fully saturated rings. The number of pyridine rings is 1. The Labute approximate surface area is 105 Å². The van der Waals surface area contributed by atoms with Crippen molar-refractivity contribution in [1.82, 2.24) is 14.7 Å². The van der Waals surface area contributed by atoms with E-state index in [9.17, 15) is 9.90 Å². The van der Waals surface area contributed by atoms with Crippen LogP contribution in [0.3, 0.4) is 0 Å². The Hall–Kier alpha value is -1.88. The lowest BCUT2D eigenvalue weighted by atomic mass is 10.3. The highest BCUT2D eigenvalue weighted by Gasteiger charge is 2.12. The fourth-order valence-electron chi connectivity index (χ4n) is 1.70. The first kappa shape index (κ1) is 12.6. The topological polar surface area (TPSA) is 66.6 Å². The van der Waals surface area contributed by atoms with Gasteiger partial charge in [0, 0.05) is 18.4 Å². The molecule has 5 heteroatoms. The van der Waals surface area contributed by atoms with Gasteiger partial charge in [-0.05, 0) is 25.5 Å². The van der Waals surface area contributed by atoms with Crippen molar-refractivity contribution in [3.8, 4) is 0 Å². The Morgan fingerprint density at radius 1 is 1.56 bits per heavy atom. The van der Waals surface area contributed by atoms with E-state index in [0.717, 1.165) is 11.3 Å². The molecule has 2 N–H and O–H groups in total. The zero-order valence-electron chi connectivity index (χ0n) is 10.6. The van der Waals surface area contributed by atoms with E-state index < -0.39 is 6.10 Å². The zero-order chi connectivity index (χ0) is 13.1. The van der Waals surface area contributed by atoms with Crippen molar-refractivity contribution in [3.63, 3.8) is 0 Å². The number of imidazole rings is 1. The lowest BCUT2D eigenvalue weighted by molar-refractivity contribution is 0.0909. The molecular weight excluding hydrogens is 230 g/mol. The fourth-order valence-corrected chi connectivity index (χ4v) is 1.70. The minimum absolute atomic E-state index is 0.252. The number of carbonyl (C=O) groups excluding carboxylic acids is 1. The third kappa shape index (κ3) is 2.51. The van der Waals surface area contributed by atoms with E-state index in [1.807, 2.05) is 36.4 Å². The lowest BCUT2D eigenvalue weighted by Crippen LogP contribution is -2.31. The van der Waals surface area contributed by atoms with Crippen LogP contribution >= 0.6 is 0 Å². The lowest BCUT2D eigenvalue weighted by Gasteiger charge is -2.07. The van der Waals surface area contributed by atoms with E-state index in [-0.39, 0.29) is 12.5 Å². The highest BCUT2D eigenvalue weighted by molar-refractivity contribution is 5.92. The molecule has 96 valence electrons. The Bertz CT molecular complexity index is 562. The first-order valence-electron chi connectivity index (χ1n) is 6.02. The standard InChI is InChI=1S/C13H17N3O2/c1-3-10(17)7-14-13(18)11-8-16-9(2)5-4-6-12(16)15-11/h4-6,8,10,17H,3,7H2,1-2H3,(H,14,18). The predicted octanol–water partition coefficient (Wildman–Crippen LogP) is 1.14. The van der Waals surface area contributed by atoms with Crippen LogP contribution in [0.5, 0.6) is 0 Å². The Morgan fingerprint density at radius 3 is 3.00 bits per heavy atom. The van der Waals surface area contributed by atoms with Gasteiger partial charge in [0.1, 0.15) is 11.3 Å². The summed E-state index contributed by atoms with van der Waals surface area (Å²) < 4.78 is 1.87.